The molecular formula is C25H18ClN3O2S. The molecule has 0 atom stereocenters. The molecule has 2 aromatic heterocycles. The number of thiophene rings is 1. The maximum atomic E-state index is 13.3. The first-order valence-electron chi connectivity index (χ1n) is 10.0. The van der Waals surface area contributed by atoms with Crippen molar-refractivity contribution < 1.29 is 4.79 Å². The molecule has 0 spiro atoms. The molecule has 0 unspecified atom stereocenters. The molecule has 0 fully saturated rings. The fourth-order valence-corrected chi connectivity index (χ4v) is 5.02. The number of carbonyl (C=O) groups excluding carboxylic acids is 1. The van der Waals surface area contributed by atoms with Gasteiger partial charge in [-0.05, 0) is 36.1 Å². The highest BCUT2D eigenvalue weighted by atomic mass is 35.5. The van der Waals surface area contributed by atoms with Gasteiger partial charge in [-0.15, -0.1) is 11.3 Å². The lowest BCUT2D eigenvalue weighted by atomic mass is 10.0. The van der Waals surface area contributed by atoms with Gasteiger partial charge in [-0.3, -0.25) is 14.2 Å². The largest absolute Gasteiger partial charge is 0.324 e. The third kappa shape index (κ3) is 3.68. The smallest absolute Gasteiger partial charge is 0.263 e. The summed E-state index contributed by atoms with van der Waals surface area (Å²) in [5.41, 5.74) is 2.21. The van der Waals surface area contributed by atoms with E-state index in [9.17, 15) is 9.59 Å². The molecule has 0 aliphatic carbocycles. The number of carbonyl (C=O) groups is 1. The van der Waals surface area contributed by atoms with Crippen LogP contribution in [0.25, 0.3) is 32.1 Å². The molecule has 5 aromatic rings. The number of halogens is 1. The average molecular weight is 460 g/mol. The van der Waals surface area contributed by atoms with E-state index in [1.165, 1.54) is 22.2 Å². The molecule has 5 rings (SSSR count). The predicted octanol–water partition coefficient (Wildman–Crippen LogP) is 5.88. The minimum atomic E-state index is -0.287. The van der Waals surface area contributed by atoms with Crippen LogP contribution in [-0.4, -0.2) is 15.5 Å². The van der Waals surface area contributed by atoms with E-state index in [0.29, 0.717) is 20.9 Å². The lowest BCUT2D eigenvalue weighted by Gasteiger charge is -2.10. The van der Waals surface area contributed by atoms with Gasteiger partial charge >= 0.3 is 0 Å². The number of fused-ring (bicyclic) bond motifs is 2. The van der Waals surface area contributed by atoms with Crippen molar-refractivity contribution in [3.8, 4) is 11.1 Å². The van der Waals surface area contributed by atoms with Crippen LogP contribution >= 0.6 is 22.9 Å². The summed E-state index contributed by atoms with van der Waals surface area (Å²) in [6.07, 6.45) is 1.44. The highest BCUT2D eigenvalue weighted by molar-refractivity contribution is 7.19. The lowest BCUT2D eigenvalue weighted by Crippen LogP contribution is -2.27. The molecule has 0 saturated carbocycles. The molecule has 0 saturated heterocycles. The maximum Gasteiger partial charge on any atom is 0.263 e. The van der Waals surface area contributed by atoms with E-state index >= 15 is 0 Å². The summed E-state index contributed by atoms with van der Waals surface area (Å²) in [5, 5.41) is 6.06. The lowest BCUT2D eigenvalue weighted by molar-refractivity contribution is -0.116. The van der Waals surface area contributed by atoms with Crippen LogP contribution in [0.4, 0.5) is 5.69 Å². The Morgan fingerprint density at radius 1 is 1.06 bits per heavy atom. The Kier molecular flexibility index (Phi) is 5.25. The van der Waals surface area contributed by atoms with Crippen molar-refractivity contribution >= 4 is 55.5 Å². The topological polar surface area (TPSA) is 64.0 Å². The molecule has 1 N–H and O–H groups in total. The van der Waals surface area contributed by atoms with Crippen molar-refractivity contribution in [3.05, 3.63) is 93.3 Å². The number of rotatable bonds is 4. The zero-order valence-corrected chi connectivity index (χ0v) is 18.7. The number of nitrogens with one attached hydrogen (secondary N) is 1. The monoisotopic (exact) mass is 459 g/mol. The van der Waals surface area contributed by atoms with Crippen LogP contribution in [0.2, 0.25) is 5.02 Å². The van der Waals surface area contributed by atoms with E-state index in [1.54, 1.807) is 12.1 Å². The first kappa shape index (κ1) is 20.4. The first-order valence-corrected chi connectivity index (χ1v) is 11.2. The van der Waals surface area contributed by atoms with Crippen LogP contribution in [0.3, 0.4) is 0 Å². The first-order chi connectivity index (χ1) is 15.5. The number of hydrogen-bond donors (Lipinski definition) is 1. The van der Waals surface area contributed by atoms with Crippen molar-refractivity contribution in [1.29, 1.82) is 0 Å². The molecular weight excluding hydrogens is 442 g/mol. The highest BCUT2D eigenvalue weighted by Crippen LogP contribution is 2.35. The van der Waals surface area contributed by atoms with E-state index in [4.69, 9.17) is 11.6 Å². The quantitative estimate of drug-likeness (QED) is 0.365. The van der Waals surface area contributed by atoms with Gasteiger partial charge in [0.05, 0.1) is 11.7 Å². The van der Waals surface area contributed by atoms with Gasteiger partial charge < -0.3 is 5.32 Å². The third-order valence-electron chi connectivity index (χ3n) is 5.37. The van der Waals surface area contributed by atoms with E-state index in [-0.39, 0.29) is 18.0 Å². The normalized spacial score (nSPS) is 11.2. The fraction of sp³-hybridized carbons (Fsp3) is 0.0800. The van der Waals surface area contributed by atoms with Crippen LogP contribution in [0.15, 0.2) is 77.9 Å². The second-order valence-corrected chi connectivity index (χ2v) is 9.11. The number of benzene rings is 3. The number of anilines is 1. The Bertz CT molecular complexity index is 1530. The summed E-state index contributed by atoms with van der Waals surface area (Å²) in [6.45, 7) is 1.84. The van der Waals surface area contributed by atoms with Crippen molar-refractivity contribution in [1.82, 2.24) is 9.55 Å². The summed E-state index contributed by atoms with van der Waals surface area (Å²) in [5.74, 6) is -0.287. The number of aryl methyl sites for hydroxylation is 1. The summed E-state index contributed by atoms with van der Waals surface area (Å²) < 4.78 is 1.36. The molecule has 1 amide bonds. The van der Waals surface area contributed by atoms with Crippen LogP contribution in [0.1, 0.15) is 4.88 Å². The van der Waals surface area contributed by atoms with E-state index < -0.39 is 0 Å². The van der Waals surface area contributed by atoms with Gasteiger partial charge in [-0.1, -0.05) is 60.1 Å². The zero-order valence-electron chi connectivity index (χ0n) is 17.1. The number of aromatic nitrogens is 2. The predicted molar refractivity (Wildman–Crippen MR) is 132 cm³/mol. The number of hydrogen-bond acceptors (Lipinski definition) is 4. The number of nitrogens with zero attached hydrogens (tertiary/aromatic N) is 2. The van der Waals surface area contributed by atoms with Crippen LogP contribution in [-0.2, 0) is 11.3 Å². The standard InChI is InChI=1S/C25H18ClN3O2S/c1-15-22(17-9-11-18(26)12-10-17)23-24(32-15)27-14-29(25(23)31)13-21(30)28-20-8-4-6-16-5-2-3-7-19(16)20/h2-12,14H,13H2,1H3,(H,28,30). The summed E-state index contributed by atoms with van der Waals surface area (Å²) >= 11 is 7.49. The minimum absolute atomic E-state index is 0.125. The Labute approximate surface area is 192 Å². The van der Waals surface area contributed by atoms with Crippen LogP contribution in [0, 0.1) is 6.92 Å². The summed E-state index contributed by atoms with van der Waals surface area (Å²) in [6, 6.07) is 20.9. The molecule has 3 aromatic carbocycles. The Morgan fingerprint density at radius 3 is 2.62 bits per heavy atom. The van der Waals surface area contributed by atoms with Gasteiger partial charge in [-0.25, -0.2) is 4.98 Å². The average Bonchev–Trinajstić information content (AvgIpc) is 3.13. The summed E-state index contributed by atoms with van der Waals surface area (Å²) in [4.78, 5) is 32.2. The van der Waals surface area contributed by atoms with Gasteiger partial charge in [0, 0.05) is 26.5 Å². The molecule has 7 heteroatoms. The van der Waals surface area contributed by atoms with Gasteiger partial charge in [-0.2, -0.15) is 0 Å². The SMILES string of the molecule is Cc1sc2ncn(CC(=O)Nc3cccc4ccccc34)c(=O)c2c1-c1ccc(Cl)cc1. The summed E-state index contributed by atoms with van der Waals surface area (Å²) in [7, 11) is 0. The van der Waals surface area contributed by atoms with Gasteiger partial charge in [0.1, 0.15) is 11.4 Å². The molecule has 5 nitrogen and oxygen atoms in total. The van der Waals surface area contributed by atoms with Crippen molar-refractivity contribution in [3.63, 3.8) is 0 Å². The third-order valence-corrected chi connectivity index (χ3v) is 6.63. The zero-order chi connectivity index (χ0) is 22.2. The molecule has 0 radical (unpaired) electrons. The Balaban J connectivity index is 1.50. The maximum absolute atomic E-state index is 13.3. The fourth-order valence-electron chi connectivity index (χ4n) is 3.89. The molecule has 2 heterocycles. The number of amides is 1. The van der Waals surface area contributed by atoms with E-state index in [1.807, 2.05) is 61.5 Å². The Hall–Kier alpha value is -3.48. The Morgan fingerprint density at radius 2 is 1.81 bits per heavy atom. The second-order valence-electron chi connectivity index (χ2n) is 7.47. The van der Waals surface area contributed by atoms with Crippen molar-refractivity contribution in [2.75, 3.05) is 5.32 Å². The molecule has 158 valence electrons. The van der Waals surface area contributed by atoms with Gasteiger partial charge in [0.15, 0.2) is 0 Å². The van der Waals surface area contributed by atoms with Crippen molar-refractivity contribution in [2.45, 2.75) is 13.5 Å². The molecule has 0 aliphatic rings. The van der Waals surface area contributed by atoms with Crippen LogP contribution < -0.4 is 10.9 Å². The van der Waals surface area contributed by atoms with E-state index in [0.717, 1.165) is 26.8 Å². The minimum Gasteiger partial charge on any atom is -0.324 e. The molecule has 0 bridgehead atoms. The van der Waals surface area contributed by atoms with Gasteiger partial charge in [0.2, 0.25) is 5.91 Å². The van der Waals surface area contributed by atoms with Crippen LogP contribution in [0.5, 0.6) is 0 Å². The highest BCUT2D eigenvalue weighted by Gasteiger charge is 2.18. The van der Waals surface area contributed by atoms with E-state index in [2.05, 4.69) is 10.3 Å². The molecule has 0 aliphatic heterocycles. The molecule has 32 heavy (non-hydrogen) atoms. The van der Waals surface area contributed by atoms with Crippen molar-refractivity contribution in [2.24, 2.45) is 0 Å². The van der Waals surface area contributed by atoms with Gasteiger partial charge in [0.25, 0.3) is 5.56 Å². The second kappa shape index (κ2) is 8.22.